The molecule has 144 valence electrons. The van der Waals surface area contributed by atoms with E-state index in [9.17, 15) is 9.90 Å². The molecule has 28 heavy (non-hydrogen) atoms. The number of hydrogen-bond donors (Lipinski definition) is 1. The number of hydrogen-bond acceptors (Lipinski definition) is 4. The predicted octanol–water partition coefficient (Wildman–Crippen LogP) is 4.77. The van der Waals surface area contributed by atoms with Crippen LogP contribution < -0.4 is 0 Å². The van der Waals surface area contributed by atoms with Crippen LogP contribution in [0.4, 0.5) is 0 Å². The van der Waals surface area contributed by atoms with Crippen LogP contribution in [0.5, 0.6) is 0 Å². The lowest BCUT2D eigenvalue weighted by atomic mass is 9.84. The van der Waals surface area contributed by atoms with Gasteiger partial charge < -0.3 is 14.6 Å². The van der Waals surface area contributed by atoms with Crippen LogP contribution in [0.1, 0.15) is 22.8 Å². The first-order valence-electron chi connectivity index (χ1n) is 8.83. The zero-order chi connectivity index (χ0) is 20.0. The van der Waals surface area contributed by atoms with Crippen molar-refractivity contribution >= 4 is 21.9 Å². The summed E-state index contributed by atoms with van der Waals surface area (Å²) in [6, 6.07) is 25.6. The van der Waals surface area contributed by atoms with Crippen molar-refractivity contribution in [2.24, 2.45) is 0 Å². The summed E-state index contributed by atoms with van der Waals surface area (Å²) in [5.74, 6) is -0.665. The Hall–Kier alpha value is -2.47. The third-order valence-corrected chi connectivity index (χ3v) is 5.10. The smallest absolute Gasteiger partial charge is 0.346 e. The van der Waals surface area contributed by atoms with E-state index < -0.39 is 17.7 Å². The lowest BCUT2D eigenvalue weighted by molar-refractivity contribution is -0.194. The van der Waals surface area contributed by atoms with Crippen molar-refractivity contribution in [1.29, 1.82) is 0 Å². The third-order valence-electron chi connectivity index (χ3n) is 4.57. The van der Waals surface area contributed by atoms with Crippen molar-refractivity contribution in [3.05, 3.63) is 106 Å². The zero-order valence-corrected chi connectivity index (χ0v) is 17.0. The zero-order valence-electron chi connectivity index (χ0n) is 15.4. The number of carbonyl (C=O) groups excluding carboxylic acids is 1. The quantitative estimate of drug-likeness (QED) is 0.537. The summed E-state index contributed by atoms with van der Waals surface area (Å²) in [4.78, 5) is 13.0. The van der Waals surface area contributed by atoms with E-state index in [1.165, 1.54) is 7.11 Å². The fourth-order valence-electron chi connectivity index (χ4n) is 3.10. The van der Waals surface area contributed by atoms with Crippen LogP contribution in [-0.2, 0) is 26.5 Å². The first-order valence-corrected chi connectivity index (χ1v) is 9.62. The minimum atomic E-state index is -1.72. The second kappa shape index (κ2) is 9.15. The number of carbonyl (C=O) groups is 1. The Morgan fingerprint density at radius 2 is 1.54 bits per heavy atom. The monoisotopic (exact) mass is 440 g/mol. The molecule has 3 aromatic carbocycles. The number of esters is 1. The molecule has 0 aliphatic carbocycles. The van der Waals surface area contributed by atoms with Crippen molar-refractivity contribution in [1.82, 2.24) is 0 Å². The Bertz CT molecular complexity index is 897. The van der Waals surface area contributed by atoms with Gasteiger partial charge in [0, 0.05) is 4.47 Å². The second-order valence-electron chi connectivity index (χ2n) is 6.32. The van der Waals surface area contributed by atoms with Gasteiger partial charge in [-0.3, -0.25) is 0 Å². The van der Waals surface area contributed by atoms with Crippen molar-refractivity contribution < 1.29 is 19.4 Å². The maximum absolute atomic E-state index is 13.0. The number of halogens is 1. The molecule has 3 rings (SSSR count). The van der Waals surface area contributed by atoms with E-state index in [0.29, 0.717) is 11.1 Å². The predicted molar refractivity (Wildman–Crippen MR) is 110 cm³/mol. The Kier molecular flexibility index (Phi) is 6.62. The van der Waals surface area contributed by atoms with Gasteiger partial charge in [0.25, 0.3) is 0 Å². The van der Waals surface area contributed by atoms with Gasteiger partial charge in [0.1, 0.15) is 6.10 Å². The number of methoxy groups -OCH3 is 1. The standard InChI is InChI=1S/C23H21BrO4/c1-27-22(26)23(19-12-14-20(24)15-13-19,21(25)18-10-6-3-7-11-18)28-16-17-8-4-2-5-9-17/h2-15,21,25H,16H2,1H3/t21-,23-/m0/s1. The number of rotatable bonds is 7. The molecule has 0 radical (unpaired) electrons. The van der Waals surface area contributed by atoms with E-state index in [1.54, 1.807) is 48.5 Å². The molecular weight excluding hydrogens is 420 g/mol. The van der Waals surface area contributed by atoms with Gasteiger partial charge >= 0.3 is 5.97 Å². The summed E-state index contributed by atoms with van der Waals surface area (Å²) >= 11 is 3.40. The van der Waals surface area contributed by atoms with Gasteiger partial charge in [-0.2, -0.15) is 0 Å². The summed E-state index contributed by atoms with van der Waals surface area (Å²) < 4.78 is 12.1. The summed E-state index contributed by atoms with van der Waals surface area (Å²) in [5, 5.41) is 11.3. The summed E-state index contributed by atoms with van der Waals surface area (Å²) in [5.41, 5.74) is 0.235. The lowest BCUT2D eigenvalue weighted by Crippen LogP contribution is -2.45. The summed E-state index contributed by atoms with van der Waals surface area (Å²) in [6.45, 7) is 0.135. The normalized spacial score (nSPS) is 14.1. The fraction of sp³-hybridized carbons (Fsp3) is 0.174. The minimum absolute atomic E-state index is 0.135. The molecule has 0 amide bonds. The maximum Gasteiger partial charge on any atom is 0.346 e. The first-order chi connectivity index (χ1) is 13.6. The Labute approximate surface area is 172 Å². The molecule has 0 unspecified atom stereocenters. The average molecular weight is 441 g/mol. The largest absolute Gasteiger partial charge is 0.467 e. The molecule has 1 N–H and O–H groups in total. The fourth-order valence-corrected chi connectivity index (χ4v) is 3.36. The van der Waals surface area contributed by atoms with E-state index in [4.69, 9.17) is 9.47 Å². The van der Waals surface area contributed by atoms with Crippen LogP contribution >= 0.6 is 15.9 Å². The van der Waals surface area contributed by atoms with Gasteiger partial charge in [-0.15, -0.1) is 0 Å². The first kappa shape index (κ1) is 20.3. The molecule has 2 atom stereocenters. The van der Waals surface area contributed by atoms with Crippen molar-refractivity contribution in [3.8, 4) is 0 Å². The molecule has 3 aromatic rings. The third kappa shape index (κ3) is 4.17. The van der Waals surface area contributed by atoms with Gasteiger partial charge in [-0.25, -0.2) is 4.79 Å². The molecule has 0 aromatic heterocycles. The van der Waals surface area contributed by atoms with Crippen molar-refractivity contribution in [2.45, 2.75) is 18.3 Å². The van der Waals surface area contributed by atoms with Gasteiger partial charge in [0.05, 0.1) is 13.7 Å². The molecule has 0 saturated heterocycles. The highest BCUT2D eigenvalue weighted by atomic mass is 79.9. The number of ether oxygens (including phenoxy) is 2. The van der Waals surface area contributed by atoms with Crippen LogP contribution in [0.25, 0.3) is 0 Å². The molecule has 0 aliphatic rings. The van der Waals surface area contributed by atoms with E-state index in [2.05, 4.69) is 15.9 Å². The maximum atomic E-state index is 13.0. The Morgan fingerprint density at radius 3 is 2.11 bits per heavy atom. The van der Waals surface area contributed by atoms with Crippen LogP contribution in [0.3, 0.4) is 0 Å². The number of aliphatic hydroxyl groups is 1. The van der Waals surface area contributed by atoms with Crippen LogP contribution in [-0.4, -0.2) is 18.2 Å². The second-order valence-corrected chi connectivity index (χ2v) is 7.24. The Morgan fingerprint density at radius 1 is 0.964 bits per heavy atom. The molecule has 4 nitrogen and oxygen atoms in total. The minimum Gasteiger partial charge on any atom is -0.467 e. The number of aliphatic hydroxyl groups excluding tert-OH is 1. The van der Waals surface area contributed by atoms with Crippen LogP contribution in [0, 0.1) is 0 Å². The topological polar surface area (TPSA) is 55.8 Å². The van der Waals surface area contributed by atoms with Crippen molar-refractivity contribution in [3.63, 3.8) is 0 Å². The highest BCUT2D eigenvalue weighted by molar-refractivity contribution is 9.10. The average Bonchev–Trinajstić information content (AvgIpc) is 2.76. The summed E-state index contributed by atoms with van der Waals surface area (Å²) in [7, 11) is 1.29. The molecular formula is C23H21BrO4. The van der Waals surface area contributed by atoms with E-state index >= 15 is 0 Å². The van der Waals surface area contributed by atoms with Gasteiger partial charge in [-0.05, 0) is 28.8 Å². The molecule has 5 heteroatoms. The highest BCUT2D eigenvalue weighted by Gasteiger charge is 2.50. The van der Waals surface area contributed by atoms with Crippen LogP contribution in [0.2, 0.25) is 0 Å². The highest BCUT2D eigenvalue weighted by Crippen LogP contribution is 2.41. The van der Waals surface area contributed by atoms with Crippen molar-refractivity contribution in [2.75, 3.05) is 7.11 Å². The molecule has 0 heterocycles. The SMILES string of the molecule is COC(=O)[C@](OCc1ccccc1)(c1ccc(Br)cc1)[C@@H](O)c1ccccc1. The van der Waals surface area contributed by atoms with Gasteiger partial charge in [0.2, 0.25) is 5.60 Å². The molecule has 0 bridgehead atoms. The van der Waals surface area contributed by atoms with Crippen LogP contribution in [0.15, 0.2) is 89.4 Å². The molecule has 0 spiro atoms. The molecule has 0 aliphatic heterocycles. The van der Waals surface area contributed by atoms with Gasteiger partial charge in [-0.1, -0.05) is 88.7 Å². The van der Waals surface area contributed by atoms with Gasteiger partial charge in [0.15, 0.2) is 0 Å². The van der Waals surface area contributed by atoms with E-state index in [1.807, 2.05) is 36.4 Å². The van der Waals surface area contributed by atoms with E-state index in [0.717, 1.165) is 10.0 Å². The summed E-state index contributed by atoms with van der Waals surface area (Å²) in [6.07, 6.45) is -1.26. The molecule has 0 saturated carbocycles. The number of benzene rings is 3. The Balaban J connectivity index is 2.10. The lowest BCUT2D eigenvalue weighted by Gasteiger charge is -2.36. The molecule has 0 fully saturated rings. The van der Waals surface area contributed by atoms with E-state index in [-0.39, 0.29) is 6.61 Å².